The third-order valence-electron chi connectivity index (χ3n) is 2.63. The van der Waals surface area contributed by atoms with Crippen LogP contribution in [0.1, 0.15) is 23.0 Å². The average Bonchev–Trinajstić information content (AvgIpc) is 2.85. The van der Waals surface area contributed by atoms with Gasteiger partial charge in [0.15, 0.2) is 0 Å². The van der Waals surface area contributed by atoms with Crippen LogP contribution in [0, 0.1) is 5.82 Å². The highest BCUT2D eigenvalue weighted by molar-refractivity contribution is 5.90. The summed E-state index contributed by atoms with van der Waals surface area (Å²) >= 11 is 0. The lowest BCUT2D eigenvalue weighted by molar-refractivity contribution is 0.0995. The lowest BCUT2D eigenvalue weighted by Gasteiger charge is -2.07. The Morgan fingerprint density at radius 1 is 1.47 bits per heavy atom. The van der Waals surface area contributed by atoms with Crippen molar-refractivity contribution in [2.24, 2.45) is 5.73 Å². The van der Waals surface area contributed by atoms with Gasteiger partial charge in [-0.3, -0.25) is 4.79 Å². The van der Waals surface area contributed by atoms with Gasteiger partial charge in [0.25, 0.3) is 5.91 Å². The summed E-state index contributed by atoms with van der Waals surface area (Å²) in [4.78, 5) is 11.0. The van der Waals surface area contributed by atoms with Gasteiger partial charge in [0, 0.05) is 12.7 Å². The fourth-order valence-electron chi connectivity index (χ4n) is 1.74. The van der Waals surface area contributed by atoms with Crippen LogP contribution in [0.2, 0.25) is 0 Å². The van der Waals surface area contributed by atoms with E-state index in [1.165, 1.54) is 22.9 Å². The van der Waals surface area contributed by atoms with Crippen LogP contribution in [-0.2, 0) is 6.54 Å². The molecular formula is C13H15FN4O. The summed E-state index contributed by atoms with van der Waals surface area (Å²) in [6.45, 7) is 3.36. The molecule has 0 radical (unpaired) electrons. The molecule has 1 amide bonds. The number of nitrogens with two attached hydrogens (primary N) is 1. The van der Waals surface area contributed by atoms with Crippen LogP contribution in [-0.4, -0.2) is 22.2 Å². The lowest BCUT2D eigenvalue weighted by Crippen LogP contribution is -2.13. The molecule has 1 heterocycles. The van der Waals surface area contributed by atoms with E-state index >= 15 is 0 Å². The SMILES string of the molecule is CCNCc1cc(F)cc(-n2ccc(C(N)=O)n2)c1. The van der Waals surface area contributed by atoms with Crippen molar-refractivity contribution in [3.8, 4) is 5.69 Å². The Bertz CT molecular complexity index is 594. The average molecular weight is 262 g/mol. The molecule has 0 saturated carbocycles. The minimum atomic E-state index is -0.608. The first-order chi connectivity index (χ1) is 9.10. The summed E-state index contributed by atoms with van der Waals surface area (Å²) in [5, 5.41) is 7.12. The van der Waals surface area contributed by atoms with Gasteiger partial charge in [-0.1, -0.05) is 6.92 Å². The lowest BCUT2D eigenvalue weighted by atomic mass is 10.2. The minimum absolute atomic E-state index is 0.150. The predicted molar refractivity (Wildman–Crippen MR) is 69.4 cm³/mol. The first kappa shape index (κ1) is 13.2. The van der Waals surface area contributed by atoms with Gasteiger partial charge in [-0.15, -0.1) is 0 Å². The zero-order chi connectivity index (χ0) is 13.8. The number of nitrogens with one attached hydrogen (secondary N) is 1. The number of nitrogens with zero attached hydrogens (tertiary/aromatic N) is 2. The predicted octanol–water partition coefficient (Wildman–Crippen LogP) is 1.22. The summed E-state index contributed by atoms with van der Waals surface area (Å²) in [6, 6.07) is 6.12. The maximum absolute atomic E-state index is 13.5. The summed E-state index contributed by atoms with van der Waals surface area (Å²) in [6.07, 6.45) is 1.58. The van der Waals surface area contributed by atoms with E-state index in [-0.39, 0.29) is 11.5 Å². The molecule has 1 aromatic heterocycles. The number of hydrogen-bond donors (Lipinski definition) is 2. The topological polar surface area (TPSA) is 72.9 Å². The molecule has 6 heteroatoms. The Morgan fingerprint density at radius 3 is 2.89 bits per heavy atom. The second kappa shape index (κ2) is 5.62. The Balaban J connectivity index is 2.32. The van der Waals surface area contributed by atoms with Crippen molar-refractivity contribution in [1.29, 1.82) is 0 Å². The molecule has 0 fully saturated rings. The molecular weight excluding hydrogens is 247 g/mol. The van der Waals surface area contributed by atoms with E-state index in [9.17, 15) is 9.18 Å². The number of halogens is 1. The summed E-state index contributed by atoms with van der Waals surface area (Å²) in [7, 11) is 0. The molecule has 100 valence electrons. The fourth-order valence-corrected chi connectivity index (χ4v) is 1.74. The smallest absolute Gasteiger partial charge is 0.269 e. The third-order valence-corrected chi connectivity index (χ3v) is 2.63. The molecule has 2 aromatic rings. The molecule has 0 aliphatic heterocycles. The molecule has 1 aromatic carbocycles. The number of carbonyl (C=O) groups excluding carboxylic acids is 1. The van der Waals surface area contributed by atoms with Gasteiger partial charge in [0.1, 0.15) is 11.5 Å². The first-order valence-corrected chi connectivity index (χ1v) is 5.96. The van der Waals surface area contributed by atoms with Gasteiger partial charge < -0.3 is 11.1 Å². The molecule has 0 atom stereocenters. The number of amides is 1. The van der Waals surface area contributed by atoms with Crippen molar-refractivity contribution >= 4 is 5.91 Å². The number of hydrogen-bond acceptors (Lipinski definition) is 3. The van der Waals surface area contributed by atoms with Gasteiger partial charge in [-0.2, -0.15) is 5.10 Å². The standard InChI is InChI=1S/C13H15FN4O/c1-2-16-8-9-5-10(14)7-11(6-9)18-4-3-12(17-18)13(15)19/h3-7,16H,2,8H2,1H3,(H2,15,19). The highest BCUT2D eigenvalue weighted by atomic mass is 19.1. The second-order valence-corrected chi connectivity index (χ2v) is 4.11. The maximum atomic E-state index is 13.5. The highest BCUT2D eigenvalue weighted by Crippen LogP contribution is 2.13. The van der Waals surface area contributed by atoms with Gasteiger partial charge in [0.2, 0.25) is 0 Å². The Morgan fingerprint density at radius 2 is 2.26 bits per heavy atom. The summed E-state index contributed by atoms with van der Waals surface area (Å²) in [5.41, 5.74) is 6.65. The van der Waals surface area contributed by atoms with E-state index in [0.717, 1.165) is 12.1 Å². The number of primary amides is 1. The molecule has 0 unspecified atom stereocenters. The van der Waals surface area contributed by atoms with Gasteiger partial charge in [0.05, 0.1) is 5.69 Å². The van der Waals surface area contributed by atoms with Crippen LogP contribution < -0.4 is 11.1 Å². The van der Waals surface area contributed by atoms with Crippen LogP contribution in [0.5, 0.6) is 0 Å². The second-order valence-electron chi connectivity index (χ2n) is 4.11. The van der Waals surface area contributed by atoms with Crippen LogP contribution in [0.3, 0.4) is 0 Å². The number of carbonyl (C=O) groups is 1. The van der Waals surface area contributed by atoms with Gasteiger partial charge in [-0.05, 0) is 36.4 Å². The largest absolute Gasteiger partial charge is 0.364 e. The van der Waals surface area contributed by atoms with Gasteiger partial charge >= 0.3 is 0 Å². The Kier molecular flexibility index (Phi) is 3.91. The molecule has 0 bridgehead atoms. The number of benzene rings is 1. The van der Waals surface area contributed by atoms with E-state index in [4.69, 9.17) is 5.73 Å². The van der Waals surface area contributed by atoms with E-state index in [2.05, 4.69) is 10.4 Å². The number of aromatic nitrogens is 2. The highest BCUT2D eigenvalue weighted by Gasteiger charge is 2.08. The van der Waals surface area contributed by atoms with Crippen molar-refractivity contribution in [3.63, 3.8) is 0 Å². The molecule has 0 aliphatic carbocycles. The zero-order valence-corrected chi connectivity index (χ0v) is 10.6. The first-order valence-electron chi connectivity index (χ1n) is 5.96. The molecule has 2 rings (SSSR count). The van der Waals surface area contributed by atoms with Crippen molar-refractivity contribution < 1.29 is 9.18 Å². The molecule has 0 spiro atoms. The molecule has 19 heavy (non-hydrogen) atoms. The number of rotatable bonds is 5. The van der Waals surface area contributed by atoms with Crippen molar-refractivity contribution in [3.05, 3.63) is 47.5 Å². The van der Waals surface area contributed by atoms with Crippen LogP contribution >= 0.6 is 0 Å². The normalized spacial score (nSPS) is 10.6. The summed E-state index contributed by atoms with van der Waals surface area (Å²) in [5.74, 6) is -0.954. The van der Waals surface area contributed by atoms with E-state index < -0.39 is 5.91 Å². The Hall–Kier alpha value is -2.21. The van der Waals surface area contributed by atoms with E-state index in [0.29, 0.717) is 12.2 Å². The van der Waals surface area contributed by atoms with Crippen LogP contribution in [0.4, 0.5) is 4.39 Å². The van der Waals surface area contributed by atoms with E-state index in [1.54, 1.807) is 6.20 Å². The summed E-state index contributed by atoms with van der Waals surface area (Å²) < 4.78 is 15.0. The van der Waals surface area contributed by atoms with Crippen molar-refractivity contribution in [2.75, 3.05) is 6.54 Å². The van der Waals surface area contributed by atoms with Gasteiger partial charge in [-0.25, -0.2) is 9.07 Å². The van der Waals surface area contributed by atoms with Crippen LogP contribution in [0.25, 0.3) is 5.69 Å². The maximum Gasteiger partial charge on any atom is 0.269 e. The van der Waals surface area contributed by atoms with Crippen LogP contribution in [0.15, 0.2) is 30.5 Å². The molecule has 5 nitrogen and oxygen atoms in total. The Labute approximate surface area is 110 Å². The van der Waals surface area contributed by atoms with Crippen molar-refractivity contribution in [2.45, 2.75) is 13.5 Å². The fraction of sp³-hybridized carbons (Fsp3) is 0.231. The molecule has 3 N–H and O–H groups in total. The quantitative estimate of drug-likeness (QED) is 0.851. The zero-order valence-electron chi connectivity index (χ0n) is 10.6. The monoisotopic (exact) mass is 262 g/mol. The van der Waals surface area contributed by atoms with Crippen molar-refractivity contribution in [1.82, 2.24) is 15.1 Å². The molecule has 0 aliphatic rings. The molecule has 0 saturated heterocycles. The third kappa shape index (κ3) is 3.17. The minimum Gasteiger partial charge on any atom is -0.364 e. The van der Waals surface area contributed by atoms with E-state index in [1.807, 2.05) is 13.0 Å².